The van der Waals surface area contributed by atoms with Crippen molar-refractivity contribution in [3.8, 4) is 0 Å². The minimum atomic E-state index is -0.870. The van der Waals surface area contributed by atoms with Gasteiger partial charge in [0.15, 0.2) is 4.34 Å². The first kappa shape index (κ1) is 22.8. The van der Waals surface area contributed by atoms with Gasteiger partial charge in [-0.25, -0.2) is 4.79 Å². The monoisotopic (exact) mass is 494 g/mol. The minimum absolute atomic E-state index is 0.0109. The van der Waals surface area contributed by atoms with Crippen LogP contribution in [0, 0.1) is 13.8 Å². The highest BCUT2D eigenvalue weighted by atomic mass is 35.5. The molecule has 4 amide bonds. The van der Waals surface area contributed by atoms with Gasteiger partial charge in [-0.1, -0.05) is 60.0 Å². The lowest BCUT2D eigenvalue weighted by Crippen LogP contribution is -2.51. The first-order chi connectivity index (χ1) is 15.3. The van der Waals surface area contributed by atoms with Crippen LogP contribution in [-0.2, 0) is 9.59 Å². The number of benzene rings is 1. The molecule has 1 aromatic heterocycles. The zero-order valence-corrected chi connectivity index (χ0v) is 20.0. The zero-order valence-electron chi connectivity index (χ0n) is 17.7. The van der Waals surface area contributed by atoms with E-state index in [-0.39, 0.29) is 11.7 Å². The van der Waals surface area contributed by atoms with Crippen LogP contribution in [0.15, 0.2) is 16.5 Å². The van der Waals surface area contributed by atoms with Crippen LogP contribution in [0.1, 0.15) is 43.2 Å². The zero-order chi connectivity index (χ0) is 22.9. The number of rotatable bonds is 6. The molecular weight excluding hydrogens is 472 g/mol. The summed E-state index contributed by atoms with van der Waals surface area (Å²) in [5, 5.41) is 16.1. The molecule has 32 heavy (non-hydrogen) atoms. The molecule has 170 valence electrons. The molecule has 1 aliphatic carbocycles. The maximum Gasteiger partial charge on any atom is 0.344 e. The van der Waals surface area contributed by atoms with Crippen molar-refractivity contribution in [3.63, 3.8) is 0 Å². The maximum absolute atomic E-state index is 12.7. The first-order valence-electron chi connectivity index (χ1n) is 10.2. The second-order valence-electron chi connectivity index (χ2n) is 7.97. The number of hydrazine groups is 1. The summed E-state index contributed by atoms with van der Waals surface area (Å²) in [6, 6.07) is 3.30. The van der Waals surface area contributed by atoms with Gasteiger partial charge in [-0.15, -0.1) is 10.2 Å². The molecule has 2 fully saturated rings. The molecule has 2 aromatic rings. The number of aryl methyl sites for hydroxylation is 2. The van der Waals surface area contributed by atoms with Gasteiger partial charge in [0.05, 0.1) is 16.5 Å². The second-order valence-corrected chi connectivity index (χ2v) is 10.6. The molecule has 2 aliphatic rings. The third-order valence-corrected chi connectivity index (χ3v) is 7.77. The number of anilines is 2. The van der Waals surface area contributed by atoms with E-state index in [1.807, 2.05) is 26.0 Å². The Bertz CT molecular complexity index is 1050. The van der Waals surface area contributed by atoms with E-state index in [0.29, 0.717) is 27.3 Å². The maximum atomic E-state index is 12.7. The van der Waals surface area contributed by atoms with E-state index in [4.69, 9.17) is 11.6 Å². The molecule has 2 heterocycles. The number of nitrogens with one attached hydrogen (secondary N) is 3. The number of aromatic nitrogens is 2. The van der Waals surface area contributed by atoms with Crippen LogP contribution >= 0.6 is 34.7 Å². The van der Waals surface area contributed by atoms with Crippen molar-refractivity contribution in [2.24, 2.45) is 0 Å². The topological polar surface area (TPSA) is 116 Å². The number of amides is 4. The highest BCUT2D eigenvalue weighted by molar-refractivity contribution is 8.01. The smallest absolute Gasteiger partial charge is 0.329 e. The molecule has 4 rings (SSSR count). The molecule has 9 nitrogen and oxygen atoms in total. The quantitative estimate of drug-likeness (QED) is 0.411. The molecule has 1 aromatic carbocycles. The second kappa shape index (κ2) is 9.24. The van der Waals surface area contributed by atoms with Gasteiger partial charge in [0, 0.05) is 0 Å². The van der Waals surface area contributed by atoms with Gasteiger partial charge in [-0.3, -0.25) is 15.0 Å². The van der Waals surface area contributed by atoms with Crippen molar-refractivity contribution in [3.05, 3.63) is 28.3 Å². The molecule has 0 unspecified atom stereocenters. The first-order valence-corrected chi connectivity index (χ1v) is 12.4. The summed E-state index contributed by atoms with van der Waals surface area (Å²) >= 11 is 8.78. The number of carbonyl (C=O) groups excluding carboxylic acids is 3. The molecule has 0 atom stereocenters. The number of halogens is 1. The third kappa shape index (κ3) is 4.69. The van der Waals surface area contributed by atoms with E-state index in [0.717, 1.165) is 41.1 Å². The fourth-order valence-electron chi connectivity index (χ4n) is 4.00. The lowest BCUT2D eigenvalue weighted by atomic mass is 9.82. The number of imide groups is 1. The summed E-state index contributed by atoms with van der Waals surface area (Å²) in [4.78, 5) is 37.4. The molecule has 0 bridgehead atoms. The van der Waals surface area contributed by atoms with Crippen LogP contribution < -0.4 is 16.1 Å². The Morgan fingerprint density at radius 1 is 1.25 bits per heavy atom. The predicted octanol–water partition coefficient (Wildman–Crippen LogP) is 3.93. The molecule has 1 aliphatic heterocycles. The average molecular weight is 495 g/mol. The van der Waals surface area contributed by atoms with Crippen molar-refractivity contribution in [1.82, 2.24) is 25.9 Å². The number of thioether (sulfide) groups is 1. The molecule has 1 saturated carbocycles. The van der Waals surface area contributed by atoms with E-state index in [2.05, 4.69) is 26.3 Å². The van der Waals surface area contributed by atoms with Crippen LogP contribution in [-0.4, -0.2) is 44.3 Å². The summed E-state index contributed by atoms with van der Waals surface area (Å²) in [6.07, 6.45) is 4.00. The van der Waals surface area contributed by atoms with E-state index in [9.17, 15) is 14.4 Å². The Morgan fingerprint density at radius 3 is 2.72 bits per heavy atom. The lowest BCUT2D eigenvalue weighted by molar-refractivity contribution is -0.139. The van der Waals surface area contributed by atoms with E-state index in [1.165, 1.54) is 23.1 Å². The van der Waals surface area contributed by atoms with Crippen LogP contribution in [0.2, 0.25) is 5.02 Å². The summed E-state index contributed by atoms with van der Waals surface area (Å²) in [7, 11) is 0. The Morgan fingerprint density at radius 2 is 2.00 bits per heavy atom. The molecule has 0 radical (unpaired) electrons. The van der Waals surface area contributed by atoms with Crippen LogP contribution in [0.5, 0.6) is 0 Å². The van der Waals surface area contributed by atoms with E-state index in [1.54, 1.807) is 0 Å². The van der Waals surface area contributed by atoms with E-state index < -0.39 is 17.5 Å². The standard InChI is InChI=1S/C20H23ClN6O3S2/c1-11-8-12(2)15(13(21)9-11)22-17-24-25-19(32-17)31-10-14(28)26-27-16(29)20(23-18(27)30)6-4-3-5-7-20/h8-9H,3-7,10H2,1-2H3,(H,22,24)(H,23,30)(H,26,28). The molecular formula is C20H23ClN6O3S2. The van der Waals surface area contributed by atoms with Gasteiger partial charge in [-0.05, 0) is 43.9 Å². The fourth-order valence-corrected chi connectivity index (χ4v) is 5.92. The SMILES string of the molecule is Cc1cc(C)c(Nc2nnc(SCC(=O)NN3C(=O)NC4(CCCCC4)C3=O)s2)c(Cl)c1. The van der Waals surface area contributed by atoms with Gasteiger partial charge in [-0.2, -0.15) is 5.01 Å². The third-order valence-electron chi connectivity index (χ3n) is 5.50. The van der Waals surface area contributed by atoms with Crippen LogP contribution in [0.25, 0.3) is 0 Å². The largest absolute Gasteiger partial charge is 0.344 e. The van der Waals surface area contributed by atoms with Crippen LogP contribution in [0.4, 0.5) is 15.6 Å². The van der Waals surface area contributed by atoms with Crippen molar-refractivity contribution in [2.45, 2.75) is 55.8 Å². The van der Waals surface area contributed by atoms with Crippen molar-refractivity contribution in [2.75, 3.05) is 11.1 Å². The van der Waals surface area contributed by atoms with Gasteiger partial charge >= 0.3 is 6.03 Å². The Kier molecular flexibility index (Phi) is 6.59. The van der Waals surface area contributed by atoms with Gasteiger partial charge in [0.2, 0.25) is 11.0 Å². The molecule has 12 heteroatoms. The normalized spacial score (nSPS) is 17.5. The number of hydrogen-bond acceptors (Lipinski definition) is 8. The molecule has 1 spiro atoms. The van der Waals surface area contributed by atoms with E-state index >= 15 is 0 Å². The number of carbonyl (C=O) groups is 3. The van der Waals surface area contributed by atoms with Crippen molar-refractivity contribution >= 4 is 63.4 Å². The highest BCUT2D eigenvalue weighted by Gasteiger charge is 2.52. The lowest BCUT2D eigenvalue weighted by Gasteiger charge is -2.30. The molecule has 3 N–H and O–H groups in total. The summed E-state index contributed by atoms with van der Waals surface area (Å²) in [5.74, 6) is -0.856. The summed E-state index contributed by atoms with van der Waals surface area (Å²) in [5.41, 5.74) is 4.37. The Balaban J connectivity index is 1.32. The van der Waals surface area contributed by atoms with Gasteiger partial charge in [0.25, 0.3) is 5.91 Å². The van der Waals surface area contributed by atoms with Crippen molar-refractivity contribution in [1.29, 1.82) is 0 Å². The number of urea groups is 1. The summed E-state index contributed by atoms with van der Waals surface area (Å²) < 4.78 is 0.574. The average Bonchev–Trinajstić information content (AvgIpc) is 3.28. The fraction of sp³-hybridized carbons (Fsp3) is 0.450. The minimum Gasteiger partial charge on any atom is -0.329 e. The van der Waals surface area contributed by atoms with Gasteiger partial charge in [0.1, 0.15) is 5.54 Å². The number of hydrogen-bond donors (Lipinski definition) is 3. The summed E-state index contributed by atoms with van der Waals surface area (Å²) in [6.45, 7) is 3.93. The Labute approximate surface area is 198 Å². The number of nitrogens with zero attached hydrogens (tertiary/aromatic N) is 3. The molecule has 1 saturated heterocycles. The van der Waals surface area contributed by atoms with Crippen LogP contribution in [0.3, 0.4) is 0 Å². The van der Waals surface area contributed by atoms with Gasteiger partial charge < -0.3 is 10.6 Å². The van der Waals surface area contributed by atoms with Crippen molar-refractivity contribution < 1.29 is 14.4 Å². The predicted molar refractivity (Wildman–Crippen MR) is 124 cm³/mol. The highest BCUT2D eigenvalue weighted by Crippen LogP contribution is 2.34. The Hall–Kier alpha value is -2.37.